The van der Waals surface area contributed by atoms with Gasteiger partial charge in [0.15, 0.2) is 11.5 Å². The molecule has 5 aromatic rings. The Hall–Kier alpha value is -5.61. The maximum Gasteiger partial charge on any atom is 0.274 e. The fraction of sp³-hybridized carbons (Fsp3) is 0.216. The summed E-state index contributed by atoms with van der Waals surface area (Å²) in [6, 6.07) is 22.3. The van der Waals surface area contributed by atoms with E-state index in [2.05, 4.69) is 27.3 Å². The zero-order chi connectivity index (χ0) is 32.9. The van der Waals surface area contributed by atoms with E-state index in [9.17, 15) is 14.4 Å². The van der Waals surface area contributed by atoms with Gasteiger partial charge in [-0.3, -0.25) is 19.3 Å². The molecule has 6 rings (SSSR count). The molecule has 2 aromatic heterocycles. The summed E-state index contributed by atoms with van der Waals surface area (Å²) >= 11 is 0. The van der Waals surface area contributed by atoms with E-state index in [-0.39, 0.29) is 22.2 Å². The van der Waals surface area contributed by atoms with Crippen molar-refractivity contribution in [3.05, 3.63) is 144 Å². The van der Waals surface area contributed by atoms with Crippen molar-refractivity contribution in [2.75, 3.05) is 32.6 Å². The maximum absolute atomic E-state index is 12.9. The van der Waals surface area contributed by atoms with Gasteiger partial charge in [-0.05, 0) is 89.7 Å². The highest BCUT2D eigenvalue weighted by Gasteiger charge is 2.19. The molecule has 47 heavy (non-hydrogen) atoms. The zero-order valence-corrected chi connectivity index (χ0v) is 26.5. The zero-order valence-electron chi connectivity index (χ0n) is 26.5. The van der Waals surface area contributed by atoms with Gasteiger partial charge in [0.1, 0.15) is 16.5 Å². The van der Waals surface area contributed by atoms with Crippen molar-refractivity contribution in [3.8, 4) is 11.5 Å². The Bertz CT molecular complexity index is 2130. The number of ether oxygens (including phenoxy) is 2. The number of H-pyrrole nitrogens is 1. The van der Waals surface area contributed by atoms with Crippen LogP contribution in [0.2, 0.25) is 0 Å². The smallest absolute Gasteiger partial charge is 0.274 e. The molecule has 0 bridgehead atoms. The van der Waals surface area contributed by atoms with Gasteiger partial charge < -0.3 is 28.8 Å². The lowest BCUT2D eigenvalue weighted by Crippen LogP contribution is -2.52. The first-order valence-corrected chi connectivity index (χ1v) is 15.3. The monoisotopic (exact) mass is 632 g/mol. The van der Waals surface area contributed by atoms with E-state index in [0.717, 1.165) is 44.0 Å². The van der Waals surface area contributed by atoms with E-state index < -0.39 is 5.56 Å². The fourth-order valence-electron chi connectivity index (χ4n) is 5.73. The van der Waals surface area contributed by atoms with Crippen molar-refractivity contribution >= 4 is 23.7 Å². The first-order chi connectivity index (χ1) is 22.8. The van der Waals surface area contributed by atoms with Crippen LogP contribution in [0, 0.1) is 0 Å². The van der Waals surface area contributed by atoms with Gasteiger partial charge >= 0.3 is 0 Å². The number of nitrogens with one attached hydrogen (secondary N) is 2. The van der Waals surface area contributed by atoms with Crippen LogP contribution < -0.4 is 36.6 Å². The van der Waals surface area contributed by atoms with E-state index in [1.165, 1.54) is 40.6 Å². The molecule has 0 saturated carbocycles. The predicted molar refractivity (Wildman–Crippen MR) is 180 cm³/mol. The summed E-state index contributed by atoms with van der Waals surface area (Å²) in [7, 11) is 4.86. The molecule has 3 aromatic carbocycles. The molecule has 1 aliphatic heterocycles. The first-order valence-electron chi connectivity index (χ1n) is 15.3. The molecule has 3 heterocycles. The number of aromatic nitrogens is 2. The van der Waals surface area contributed by atoms with E-state index in [4.69, 9.17) is 13.9 Å². The molecular formula is C37H36N4O6. The average molecular weight is 633 g/mol. The summed E-state index contributed by atoms with van der Waals surface area (Å²) in [5, 5.41) is 3.26. The topological polar surface area (TPSA) is 119 Å². The number of anilines is 1. The van der Waals surface area contributed by atoms with Crippen LogP contribution in [-0.2, 0) is 26.4 Å². The molecule has 0 aliphatic carbocycles. The van der Waals surface area contributed by atoms with Crippen molar-refractivity contribution in [3.63, 3.8) is 0 Å². The molecule has 0 atom stereocenters. The SMILES string of the molecule is COc1cc2c(cc1OC)CN(CCc1ccc(NC(=O)c3ccc(/C=c4\[nH]c(=O)/c(=C/c5ccco5)n(C)c4=O)cc3)cc1)CC2. The summed E-state index contributed by atoms with van der Waals surface area (Å²) in [6.07, 6.45) is 6.45. The van der Waals surface area contributed by atoms with E-state index in [1.807, 2.05) is 24.3 Å². The molecule has 0 saturated heterocycles. The molecule has 10 heteroatoms. The number of aromatic amines is 1. The highest BCUT2D eigenvalue weighted by atomic mass is 16.5. The van der Waals surface area contributed by atoms with Gasteiger partial charge in [0, 0.05) is 44.0 Å². The Kier molecular flexibility index (Phi) is 9.21. The summed E-state index contributed by atoms with van der Waals surface area (Å²) in [4.78, 5) is 43.6. The van der Waals surface area contributed by atoms with Gasteiger partial charge in [-0.1, -0.05) is 24.3 Å². The van der Waals surface area contributed by atoms with Crippen molar-refractivity contribution < 1.29 is 18.7 Å². The van der Waals surface area contributed by atoms with Gasteiger partial charge in [0.25, 0.3) is 17.0 Å². The molecular weight excluding hydrogens is 596 g/mol. The average Bonchev–Trinajstić information content (AvgIpc) is 3.61. The minimum absolute atomic E-state index is 0.136. The number of fused-ring (bicyclic) bond motifs is 1. The van der Waals surface area contributed by atoms with Gasteiger partial charge in [-0.25, -0.2) is 0 Å². The normalized spacial score (nSPS) is 13.8. The van der Waals surface area contributed by atoms with Gasteiger partial charge in [0.2, 0.25) is 0 Å². The predicted octanol–water partition coefficient (Wildman–Crippen LogP) is 3.19. The number of carbonyl (C=O) groups excluding carboxylic acids is 1. The Morgan fingerprint density at radius 2 is 1.68 bits per heavy atom. The fourth-order valence-corrected chi connectivity index (χ4v) is 5.73. The van der Waals surface area contributed by atoms with Crippen LogP contribution in [0.25, 0.3) is 12.2 Å². The van der Waals surface area contributed by atoms with Crippen LogP contribution >= 0.6 is 0 Å². The highest BCUT2D eigenvalue weighted by molar-refractivity contribution is 6.04. The largest absolute Gasteiger partial charge is 0.493 e. The number of methoxy groups -OCH3 is 2. The van der Waals surface area contributed by atoms with Crippen LogP contribution in [0.1, 0.15) is 38.4 Å². The Morgan fingerprint density at radius 3 is 2.36 bits per heavy atom. The third kappa shape index (κ3) is 7.13. The number of nitrogens with zero attached hydrogens (tertiary/aromatic N) is 2. The van der Waals surface area contributed by atoms with Gasteiger partial charge in [-0.15, -0.1) is 0 Å². The number of amides is 1. The van der Waals surface area contributed by atoms with Crippen LogP contribution in [-0.4, -0.2) is 47.7 Å². The molecule has 10 nitrogen and oxygen atoms in total. The molecule has 0 unspecified atom stereocenters. The summed E-state index contributed by atoms with van der Waals surface area (Å²) in [6.45, 7) is 2.78. The van der Waals surface area contributed by atoms with Crippen LogP contribution in [0.5, 0.6) is 11.5 Å². The van der Waals surface area contributed by atoms with E-state index >= 15 is 0 Å². The molecule has 2 N–H and O–H groups in total. The van der Waals surface area contributed by atoms with E-state index in [1.54, 1.807) is 56.7 Å². The lowest BCUT2D eigenvalue weighted by molar-refractivity contribution is 0.102. The summed E-state index contributed by atoms with van der Waals surface area (Å²) in [5.74, 6) is 1.75. The minimum Gasteiger partial charge on any atom is -0.493 e. The maximum atomic E-state index is 12.9. The van der Waals surface area contributed by atoms with Gasteiger partial charge in [0.05, 0.1) is 20.5 Å². The summed E-state index contributed by atoms with van der Waals surface area (Å²) in [5.41, 5.74) is 4.82. The molecule has 1 aliphatic rings. The van der Waals surface area contributed by atoms with Crippen LogP contribution in [0.15, 0.2) is 93.1 Å². The van der Waals surface area contributed by atoms with Crippen molar-refractivity contribution in [1.29, 1.82) is 0 Å². The van der Waals surface area contributed by atoms with Crippen LogP contribution in [0.4, 0.5) is 5.69 Å². The molecule has 240 valence electrons. The number of rotatable bonds is 9. The quantitative estimate of drug-likeness (QED) is 0.256. The van der Waals surface area contributed by atoms with Crippen molar-refractivity contribution in [2.24, 2.45) is 7.05 Å². The Morgan fingerprint density at radius 1 is 0.957 bits per heavy atom. The van der Waals surface area contributed by atoms with Crippen molar-refractivity contribution in [2.45, 2.75) is 19.4 Å². The first kappa shape index (κ1) is 31.4. The molecule has 0 radical (unpaired) electrons. The Labute approximate surface area is 271 Å². The second-order valence-electron chi connectivity index (χ2n) is 11.4. The van der Waals surface area contributed by atoms with Gasteiger partial charge in [-0.2, -0.15) is 0 Å². The van der Waals surface area contributed by atoms with Crippen molar-refractivity contribution in [1.82, 2.24) is 14.5 Å². The third-order valence-corrected chi connectivity index (χ3v) is 8.41. The Balaban J connectivity index is 1.06. The number of carbonyl (C=O) groups is 1. The van der Waals surface area contributed by atoms with Crippen LogP contribution in [0.3, 0.4) is 0 Å². The molecule has 1 amide bonds. The number of benzene rings is 3. The highest BCUT2D eigenvalue weighted by Crippen LogP contribution is 2.33. The number of furan rings is 1. The lowest BCUT2D eigenvalue weighted by atomic mass is 9.98. The second-order valence-corrected chi connectivity index (χ2v) is 11.4. The lowest BCUT2D eigenvalue weighted by Gasteiger charge is -2.29. The third-order valence-electron chi connectivity index (χ3n) is 8.41. The number of hydrogen-bond acceptors (Lipinski definition) is 7. The standard InChI is InChI=1S/C37H36N4O6/c1-40-32(22-30-5-4-18-47-30)36(43)39-31(37(40)44)19-25-6-10-26(11-7-25)35(42)38-29-12-8-24(9-13-29)14-16-41-17-15-27-20-33(45-2)34(46-3)21-28(27)23-41/h4-13,18-22H,14-17,23H2,1-3H3,(H,38,42)(H,39,43)/b31-19-,32-22-. The second kappa shape index (κ2) is 13.8. The number of hydrogen-bond donors (Lipinski definition) is 2. The molecule has 0 fully saturated rings. The summed E-state index contributed by atoms with van der Waals surface area (Å²) < 4.78 is 17.5. The van der Waals surface area contributed by atoms with E-state index in [0.29, 0.717) is 22.6 Å². The minimum atomic E-state index is -0.420. The molecule has 0 spiro atoms.